The molecule has 0 amide bonds. The van der Waals surface area contributed by atoms with Crippen LogP contribution in [0.15, 0.2) is 48.8 Å². The van der Waals surface area contributed by atoms with E-state index in [4.69, 9.17) is 0 Å². The van der Waals surface area contributed by atoms with Crippen molar-refractivity contribution < 1.29 is 0 Å². The van der Waals surface area contributed by atoms with Crippen molar-refractivity contribution in [1.29, 1.82) is 0 Å². The largest absolute Gasteiger partial charge is 0.357 e. The molecule has 0 saturated carbocycles. The maximum atomic E-state index is 4.40. The summed E-state index contributed by atoms with van der Waals surface area (Å²) >= 11 is 0. The zero-order chi connectivity index (χ0) is 13.1. The fraction of sp³-hybridized carbons (Fsp3) is 0.0714. The first-order valence-electron chi connectivity index (χ1n) is 5.98. The molecule has 0 aliphatic rings. The van der Waals surface area contributed by atoms with Crippen molar-refractivity contribution in [1.82, 2.24) is 15.0 Å². The second kappa shape index (κ2) is 4.89. The van der Waals surface area contributed by atoms with E-state index in [0.29, 0.717) is 5.95 Å². The summed E-state index contributed by atoms with van der Waals surface area (Å²) in [5.41, 5.74) is 1.86. The van der Waals surface area contributed by atoms with Gasteiger partial charge in [0.15, 0.2) is 0 Å². The summed E-state index contributed by atoms with van der Waals surface area (Å²) in [6.07, 6.45) is 3.49. The Labute approximate surface area is 110 Å². The van der Waals surface area contributed by atoms with E-state index in [1.54, 1.807) is 19.4 Å². The van der Waals surface area contributed by atoms with Gasteiger partial charge in [0.2, 0.25) is 5.95 Å². The third-order valence-electron chi connectivity index (χ3n) is 2.77. The highest BCUT2D eigenvalue weighted by atomic mass is 15.1. The summed E-state index contributed by atoms with van der Waals surface area (Å²) in [4.78, 5) is 12.8. The Hall–Kier alpha value is -2.69. The number of aromatic nitrogens is 3. The van der Waals surface area contributed by atoms with Crippen molar-refractivity contribution in [2.45, 2.75) is 0 Å². The maximum Gasteiger partial charge on any atom is 0.224 e. The fourth-order valence-corrected chi connectivity index (χ4v) is 1.89. The van der Waals surface area contributed by atoms with Crippen molar-refractivity contribution in [3.63, 3.8) is 0 Å². The summed E-state index contributed by atoms with van der Waals surface area (Å²) < 4.78 is 0. The Morgan fingerprint density at radius 1 is 0.947 bits per heavy atom. The smallest absolute Gasteiger partial charge is 0.224 e. The maximum absolute atomic E-state index is 4.40. The number of rotatable bonds is 3. The minimum atomic E-state index is 0.582. The molecule has 0 aliphatic heterocycles. The number of hydrogen-bond acceptors (Lipinski definition) is 5. The SMILES string of the molecule is CNc1nccc(Nc2cccc3cccnc23)n1. The van der Waals surface area contributed by atoms with Gasteiger partial charge in [0.25, 0.3) is 0 Å². The standard InChI is InChI=1S/C14H13N5/c1-15-14-17-9-7-12(19-14)18-11-6-2-4-10-5-3-8-16-13(10)11/h2-9H,1H3,(H2,15,17,18,19). The molecule has 0 saturated heterocycles. The molecule has 0 fully saturated rings. The van der Waals surface area contributed by atoms with Crippen LogP contribution in [0.3, 0.4) is 0 Å². The minimum absolute atomic E-state index is 0.582. The Balaban J connectivity index is 2.01. The predicted octanol–water partition coefficient (Wildman–Crippen LogP) is 2.81. The van der Waals surface area contributed by atoms with Gasteiger partial charge in [-0.3, -0.25) is 4.98 Å². The average molecular weight is 251 g/mol. The van der Waals surface area contributed by atoms with E-state index in [1.807, 2.05) is 36.4 Å². The van der Waals surface area contributed by atoms with E-state index in [9.17, 15) is 0 Å². The van der Waals surface area contributed by atoms with Crippen LogP contribution in [-0.2, 0) is 0 Å². The van der Waals surface area contributed by atoms with Gasteiger partial charge in [-0.05, 0) is 18.2 Å². The number of pyridine rings is 1. The lowest BCUT2D eigenvalue weighted by Gasteiger charge is -2.08. The lowest BCUT2D eigenvalue weighted by atomic mass is 10.2. The van der Waals surface area contributed by atoms with Crippen LogP contribution in [0, 0.1) is 0 Å². The summed E-state index contributed by atoms with van der Waals surface area (Å²) in [5, 5.41) is 7.27. The zero-order valence-electron chi connectivity index (χ0n) is 10.5. The van der Waals surface area contributed by atoms with Crippen LogP contribution in [0.4, 0.5) is 17.5 Å². The molecule has 3 aromatic rings. The topological polar surface area (TPSA) is 62.7 Å². The first-order chi connectivity index (χ1) is 9.36. The van der Waals surface area contributed by atoms with Gasteiger partial charge in [-0.15, -0.1) is 0 Å². The Morgan fingerprint density at radius 3 is 2.74 bits per heavy atom. The van der Waals surface area contributed by atoms with E-state index >= 15 is 0 Å². The molecule has 2 heterocycles. The van der Waals surface area contributed by atoms with Crippen molar-refractivity contribution >= 4 is 28.4 Å². The summed E-state index contributed by atoms with van der Waals surface area (Å²) in [6, 6.07) is 11.8. The molecule has 0 atom stereocenters. The molecule has 0 spiro atoms. The van der Waals surface area contributed by atoms with E-state index in [0.717, 1.165) is 22.4 Å². The molecule has 0 unspecified atom stereocenters. The zero-order valence-corrected chi connectivity index (χ0v) is 10.5. The molecule has 19 heavy (non-hydrogen) atoms. The molecule has 0 radical (unpaired) electrons. The van der Waals surface area contributed by atoms with Crippen LogP contribution in [0.1, 0.15) is 0 Å². The molecular weight excluding hydrogens is 238 g/mol. The highest BCUT2D eigenvalue weighted by Gasteiger charge is 2.03. The highest BCUT2D eigenvalue weighted by Crippen LogP contribution is 2.23. The summed E-state index contributed by atoms with van der Waals surface area (Å²) in [7, 11) is 1.79. The van der Waals surface area contributed by atoms with Gasteiger partial charge in [-0.1, -0.05) is 18.2 Å². The average Bonchev–Trinajstić information content (AvgIpc) is 2.48. The van der Waals surface area contributed by atoms with Gasteiger partial charge in [0.1, 0.15) is 5.82 Å². The number of benzene rings is 1. The highest BCUT2D eigenvalue weighted by molar-refractivity contribution is 5.91. The van der Waals surface area contributed by atoms with Gasteiger partial charge >= 0.3 is 0 Å². The van der Waals surface area contributed by atoms with Crippen LogP contribution in [0.2, 0.25) is 0 Å². The fourth-order valence-electron chi connectivity index (χ4n) is 1.89. The van der Waals surface area contributed by atoms with Gasteiger partial charge < -0.3 is 10.6 Å². The summed E-state index contributed by atoms with van der Waals surface area (Å²) in [6.45, 7) is 0. The molecule has 0 aliphatic carbocycles. The molecule has 94 valence electrons. The van der Waals surface area contributed by atoms with Crippen molar-refractivity contribution in [2.75, 3.05) is 17.7 Å². The van der Waals surface area contributed by atoms with E-state index in [2.05, 4.69) is 25.6 Å². The van der Waals surface area contributed by atoms with Gasteiger partial charge in [0, 0.05) is 24.8 Å². The number of fused-ring (bicyclic) bond motifs is 1. The van der Waals surface area contributed by atoms with Gasteiger partial charge in [0.05, 0.1) is 11.2 Å². The van der Waals surface area contributed by atoms with Crippen molar-refractivity contribution in [3.8, 4) is 0 Å². The minimum Gasteiger partial charge on any atom is -0.357 e. The lowest BCUT2D eigenvalue weighted by Crippen LogP contribution is -2.00. The molecule has 2 aromatic heterocycles. The van der Waals surface area contributed by atoms with E-state index in [1.165, 1.54) is 0 Å². The van der Waals surface area contributed by atoms with Gasteiger partial charge in [-0.2, -0.15) is 4.98 Å². The van der Waals surface area contributed by atoms with Crippen LogP contribution >= 0.6 is 0 Å². The predicted molar refractivity (Wildman–Crippen MR) is 76.6 cm³/mol. The third-order valence-corrected chi connectivity index (χ3v) is 2.77. The van der Waals surface area contributed by atoms with Crippen LogP contribution in [0.25, 0.3) is 10.9 Å². The molecule has 1 aromatic carbocycles. The number of para-hydroxylation sites is 1. The van der Waals surface area contributed by atoms with E-state index in [-0.39, 0.29) is 0 Å². The van der Waals surface area contributed by atoms with Gasteiger partial charge in [-0.25, -0.2) is 4.98 Å². The second-order valence-electron chi connectivity index (χ2n) is 4.02. The Kier molecular flexibility index (Phi) is 2.94. The van der Waals surface area contributed by atoms with Crippen molar-refractivity contribution in [3.05, 3.63) is 48.8 Å². The molecule has 5 nitrogen and oxygen atoms in total. The summed E-state index contributed by atoms with van der Waals surface area (Å²) in [5.74, 6) is 1.32. The molecular formula is C14H13N5. The Morgan fingerprint density at radius 2 is 1.84 bits per heavy atom. The number of anilines is 3. The van der Waals surface area contributed by atoms with Crippen LogP contribution < -0.4 is 10.6 Å². The number of nitrogens with one attached hydrogen (secondary N) is 2. The molecule has 5 heteroatoms. The number of hydrogen-bond donors (Lipinski definition) is 2. The van der Waals surface area contributed by atoms with E-state index < -0.39 is 0 Å². The monoisotopic (exact) mass is 251 g/mol. The third kappa shape index (κ3) is 2.30. The van der Waals surface area contributed by atoms with Crippen LogP contribution in [-0.4, -0.2) is 22.0 Å². The Bertz CT molecular complexity index is 706. The van der Waals surface area contributed by atoms with Crippen molar-refractivity contribution in [2.24, 2.45) is 0 Å². The quantitative estimate of drug-likeness (QED) is 0.749. The normalized spacial score (nSPS) is 10.4. The second-order valence-corrected chi connectivity index (χ2v) is 4.02. The first kappa shape index (κ1) is 11.4. The lowest BCUT2D eigenvalue weighted by molar-refractivity contribution is 1.15. The molecule has 3 rings (SSSR count). The molecule has 2 N–H and O–H groups in total. The number of nitrogens with zero attached hydrogens (tertiary/aromatic N) is 3. The first-order valence-corrected chi connectivity index (χ1v) is 5.98. The van der Waals surface area contributed by atoms with Crippen LogP contribution in [0.5, 0.6) is 0 Å². The molecule has 0 bridgehead atoms.